The first kappa shape index (κ1) is 36.5. The fourth-order valence-electron chi connectivity index (χ4n) is 9.85. The number of aromatic nitrogens is 4. The Kier molecular flexibility index (Phi) is 9.99. The van der Waals surface area contributed by atoms with Gasteiger partial charge in [-0.25, -0.2) is 9.97 Å². The van der Waals surface area contributed by atoms with E-state index in [9.17, 15) is 9.59 Å². The van der Waals surface area contributed by atoms with Crippen LogP contribution in [0, 0.1) is 5.92 Å². The molecule has 2 aromatic heterocycles. The van der Waals surface area contributed by atoms with Crippen LogP contribution in [0.2, 0.25) is 0 Å². The molecule has 58 heavy (non-hydrogen) atoms. The van der Waals surface area contributed by atoms with Crippen LogP contribution in [0.4, 0.5) is 0 Å². The molecule has 2 N–H and O–H groups in total. The Hall–Kier alpha value is -5.80. The van der Waals surface area contributed by atoms with Crippen LogP contribution in [0.1, 0.15) is 98.2 Å². The molecule has 9 nitrogen and oxygen atoms in total. The summed E-state index contributed by atoms with van der Waals surface area (Å²) in [7, 11) is 0. The highest BCUT2D eigenvalue weighted by Crippen LogP contribution is 2.50. The topological polar surface area (TPSA) is 101 Å². The zero-order chi connectivity index (χ0) is 39.0. The second-order valence-corrected chi connectivity index (χ2v) is 16.7. The number of carbonyl (C=O) groups excluding carboxylic acids is 2. The molecule has 6 aromatic rings. The van der Waals surface area contributed by atoms with Gasteiger partial charge < -0.3 is 19.8 Å². The second-order valence-electron chi connectivity index (χ2n) is 16.7. The Morgan fingerprint density at radius 3 is 1.67 bits per heavy atom. The van der Waals surface area contributed by atoms with E-state index >= 15 is 0 Å². The quantitative estimate of drug-likeness (QED) is 0.145. The van der Waals surface area contributed by atoms with Gasteiger partial charge in [-0.05, 0) is 97.3 Å². The van der Waals surface area contributed by atoms with Crippen molar-refractivity contribution in [1.29, 1.82) is 0 Å². The molecule has 9 heteroatoms. The summed E-state index contributed by atoms with van der Waals surface area (Å²) in [6.45, 7) is 3.46. The van der Waals surface area contributed by atoms with Gasteiger partial charge in [-0.2, -0.15) is 0 Å². The number of aromatic amines is 2. The van der Waals surface area contributed by atoms with Gasteiger partial charge in [0.15, 0.2) is 0 Å². The Bertz CT molecular complexity index is 2350. The maximum atomic E-state index is 14.4. The van der Waals surface area contributed by atoms with Crippen molar-refractivity contribution >= 4 is 11.8 Å². The van der Waals surface area contributed by atoms with Crippen molar-refractivity contribution < 1.29 is 9.59 Å². The SMILES string of the molecule is O=C([C@@H](c1ccccc1)N1CCCCC1)N1CCCC1c1ncc(-c2ccc(-c3ccc(-c4cnc([C@@H]5CCCN5C(=O)C5CC5c5ccccc5)[nH]4)cc3)cc2)[nH]1. The molecule has 4 aliphatic rings. The molecule has 2 amide bonds. The first-order chi connectivity index (χ1) is 28.6. The zero-order valence-corrected chi connectivity index (χ0v) is 33.0. The minimum absolute atomic E-state index is 0.00181. The first-order valence-corrected chi connectivity index (χ1v) is 21.3. The molecule has 10 rings (SSSR count). The molecule has 1 aliphatic carbocycles. The van der Waals surface area contributed by atoms with E-state index in [4.69, 9.17) is 9.97 Å². The van der Waals surface area contributed by atoms with Crippen molar-refractivity contribution in [2.24, 2.45) is 5.92 Å². The molecular formula is C49H51N7O2. The highest BCUT2D eigenvalue weighted by atomic mass is 16.2. The Morgan fingerprint density at radius 2 is 1.09 bits per heavy atom. The van der Waals surface area contributed by atoms with Crippen molar-refractivity contribution in [2.75, 3.05) is 26.2 Å². The molecular weight excluding hydrogens is 719 g/mol. The van der Waals surface area contributed by atoms with E-state index in [1.807, 2.05) is 36.7 Å². The number of amides is 2. The van der Waals surface area contributed by atoms with Gasteiger partial charge in [0.05, 0.1) is 35.9 Å². The number of benzene rings is 4. The van der Waals surface area contributed by atoms with Crippen LogP contribution in [-0.4, -0.2) is 72.6 Å². The fourth-order valence-corrected chi connectivity index (χ4v) is 9.85. The lowest BCUT2D eigenvalue weighted by atomic mass is 10.00. The summed E-state index contributed by atoms with van der Waals surface area (Å²) < 4.78 is 0. The predicted octanol–water partition coefficient (Wildman–Crippen LogP) is 9.49. The van der Waals surface area contributed by atoms with Crippen LogP contribution in [0.5, 0.6) is 0 Å². The third-order valence-corrected chi connectivity index (χ3v) is 13.1. The lowest BCUT2D eigenvalue weighted by Gasteiger charge is -2.37. The van der Waals surface area contributed by atoms with Gasteiger partial charge in [-0.15, -0.1) is 0 Å². The van der Waals surface area contributed by atoms with Crippen LogP contribution in [0.3, 0.4) is 0 Å². The lowest BCUT2D eigenvalue weighted by Crippen LogP contribution is -2.44. The molecule has 0 spiro atoms. The molecule has 4 aromatic carbocycles. The number of nitrogens with one attached hydrogen (secondary N) is 2. The van der Waals surface area contributed by atoms with Crippen molar-refractivity contribution in [2.45, 2.75) is 75.4 Å². The Morgan fingerprint density at radius 1 is 0.569 bits per heavy atom. The summed E-state index contributed by atoms with van der Waals surface area (Å²) in [5.74, 6) is 2.61. The molecule has 3 aliphatic heterocycles. The maximum absolute atomic E-state index is 14.4. The monoisotopic (exact) mass is 769 g/mol. The second kappa shape index (κ2) is 15.9. The van der Waals surface area contributed by atoms with Crippen molar-refractivity contribution in [3.05, 3.63) is 144 Å². The van der Waals surface area contributed by atoms with Crippen LogP contribution in [-0.2, 0) is 9.59 Å². The predicted molar refractivity (Wildman–Crippen MR) is 226 cm³/mol. The van der Waals surface area contributed by atoms with E-state index in [2.05, 4.69) is 110 Å². The fraction of sp³-hybridized carbons (Fsp3) is 0.347. The summed E-state index contributed by atoms with van der Waals surface area (Å²) in [5, 5.41) is 0. The molecule has 5 atom stereocenters. The smallest absolute Gasteiger partial charge is 0.245 e. The van der Waals surface area contributed by atoms with Gasteiger partial charge >= 0.3 is 0 Å². The van der Waals surface area contributed by atoms with Crippen LogP contribution in [0.25, 0.3) is 33.6 Å². The van der Waals surface area contributed by atoms with Gasteiger partial charge in [0.25, 0.3) is 0 Å². The van der Waals surface area contributed by atoms with Crippen LogP contribution < -0.4 is 0 Å². The average Bonchev–Trinajstić information content (AvgIpc) is 3.83. The Balaban J connectivity index is 0.793. The van der Waals surface area contributed by atoms with E-state index in [0.29, 0.717) is 5.92 Å². The van der Waals surface area contributed by atoms with E-state index in [1.54, 1.807) is 0 Å². The van der Waals surface area contributed by atoms with Crippen molar-refractivity contribution in [3.63, 3.8) is 0 Å². The van der Waals surface area contributed by atoms with Gasteiger partial charge in [-0.1, -0.05) is 116 Å². The van der Waals surface area contributed by atoms with E-state index < -0.39 is 0 Å². The minimum atomic E-state index is -0.254. The number of rotatable bonds is 10. The standard InChI is InChI=1S/C49H51N7O2/c57-48(40-30-39(40)35-12-4-1-5-13-35)55-28-10-16-43(55)46-50-31-41(52-46)36-22-18-33(19-23-36)34-20-24-37(25-21-34)42-32-51-47(53-42)44-17-11-29-56(44)49(58)45(38-14-6-2-7-15-38)54-26-8-3-9-27-54/h1-2,4-7,12-15,18-25,31-32,39-40,43-45H,3,8-11,16-17,26-30H2,(H,50,52)(H,51,53)/t39?,40?,43-,44?,45+/m0/s1. The van der Waals surface area contributed by atoms with Crippen LogP contribution >= 0.6 is 0 Å². The van der Waals surface area contributed by atoms with E-state index in [-0.39, 0.29) is 35.9 Å². The number of likely N-dealkylation sites (tertiary alicyclic amines) is 3. The number of imidazole rings is 2. The number of carbonyl (C=O) groups is 2. The summed E-state index contributed by atoms with van der Waals surface area (Å²) in [6, 6.07) is 37.6. The third-order valence-electron chi connectivity index (χ3n) is 13.1. The third kappa shape index (κ3) is 7.17. The van der Waals surface area contributed by atoms with E-state index in [0.717, 1.165) is 122 Å². The zero-order valence-electron chi connectivity index (χ0n) is 33.0. The molecule has 5 heterocycles. The highest BCUT2D eigenvalue weighted by Gasteiger charge is 2.48. The van der Waals surface area contributed by atoms with Gasteiger partial charge in [0.2, 0.25) is 11.8 Å². The lowest BCUT2D eigenvalue weighted by molar-refractivity contribution is -0.139. The number of piperidine rings is 1. The molecule has 1 saturated carbocycles. The molecule has 3 saturated heterocycles. The minimum Gasteiger partial charge on any atom is -0.340 e. The van der Waals surface area contributed by atoms with Gasteiger partial charge in [-0.3, -0.25) is 14.5 Å². The summed E-state index contributed by atoms with van der Waals surface area (Å²) in [5.41, 5.74) is 8.66. The average molecular weight is 770 g/mol. The summed E-state index contributed by atoms with van der Waals surface area (Å²) >= 11 is 0. The van der Waals surface area contributed by atoms with Crippen molar-refractivity contribution in [3.8, 4) is 33.6 Å². The number of H-pyrrole nitrogens is 2. The van der Waals surface area contributed by atoms with Gasteiger partial charge in [0, 0.05) is 19.0 Å². The van der Waals surface area contributed by atoms with Gasteiger partial charge in [0.1, 0.15) is 17.7 Å². The molecule has 0 bridgehead atoms. The van der Waals surface area contributed by atoms with E-state index in [1.165, 1.54) is 12.0 Å². The summed E-state index contributed by atoms with van der Waals surface area (Å²) in [4.78, 5) is 51.3. The Labute approximate surface area is 340 Å². The van der Waals surface area contributed by atoms with Crippen LogP contribution in [0.15, 0.2) is 122 Å². The number of hydrogen-bond donors (Lipinski definition) is 2. The largest absolute Gasteiger partial charge is 0.340 e. The van der Waals surface area contributed by atoms with Crippen molar-refractivity contribution in [1.82, 2.24) is 34.6 Å². The molecule has 3 unspecified atom stereocenters. The maximum Gasteiger partial charge on any atom is 0.245 e. The molecule has 0 radical (unpaired) electrons. The molecule has 294 valence electrons. The highest BCUT2D eigenvalue weighted by molar-refractivity contribution is 5.84. The summed E-state index contributed by atoms with van der Waals surface area (Å²) in [6.07, 6.45) is 12.1. The normalized spacial score (nSPS) is 22.6. The molecule has 4 fully saturated rings. The number of hydrogen-bond acceptors (Lipinski definition) is 5. The first-order valence-electron chi connectivity index (χ1n) is 21.3. The number of nitrogens with zero attached hydrogens (tertiary/aromatic N) is 5.